The van der Waals surface area contributed by atoms with Crippen molar-refractivity contribution in [2.24, 2.45) is 10.9 Å². The second-order valence-electron chi connectivity index (χ2n) is 5.27. The third-order valence-electron chi connectivity index (χ3n) is 3.87. The van der Waals surface area contributed by atoms with Crippen LogP contribution >= 0.6 is 0 Å². The molecule has 3 rings (SSSR count). The first-order valence-corrected chi connectivity index (χ1v) is 6.94. The van der Waals surface area contributed by atoms with E-state index in [-0.39, 0.29) is 11.7 Å². The van der Waals surface area contributed by atoms with E-state index in [1.165, 1.54) is 6.07 Å². The Bertz CT molecular complexity index is 760. The van der Waals surface area contributed by atoms with Crippen molar-refractivity contribution in [1.29, 1.82) is 0 Å². The van der Waals surface area contributed by atoms with E-state index >= 15 is 0 Å². The number of fused-ring (bicyclic) bond motifs is 1. The van der Waals surface area contributed by atoms with Crippen LogP contribution in [-0.4, -0.2) is 46.1 Å². The predicted octanol–water partition coefficient (Wildman–Crippen LogP) is 1.30. The lowest BCUT2D eigenvalue weighted by Crippen LogP contribution is -2.49. The van der Waals surface area contributed by atoms with Gasteiger partial charge in [-0.2, -0.15) is 0 Å². The quantitative estimate of drug-likeness (QED) is 0.569. The van der Waals surface area contributed by atoms with Crippen molar-refractivity contribution in [2.45, 2.75) is 12.5 Å². The van der Waals surface area contributed by atoms with Crippen LogP contribution in [0.4, 0.5) is 5.69 Å². The number of hydrogen-bond donors (Lipinski definition) is 3. The van der Waals surface area contributed by atoms with E-state index in [2.05, 4.69) is 15.0 Å². The molecule has 1 atom stereocenters. The fraction of sp³-hybridized carbons (Fsp3) is 0.267. The van der Waals surface area contributed by atoms with Crippen LogP contribution in [0.2, 0.25) is 0 Å². The minimum atomic E-state index is -1.05. The number of aromatic carboxylic acids is 1. The van der Waals surface area contributed by atoms with Crippen LogP contribution in [0.25, 0.3) is 10.9 Å². The van der Waals surface area contributed by atoms with Gasteiger partial charge in [-0.1, -0.05) is 17.3 Å². The van der Waals surface area contributed by atoms with Gasteiger partial charge >= 0.3 is 5.97 Å². The fourth-order valence-corrected chi connectivity index (χ4v) is 2.65. The Labute approximate surface area is 126 Å². The SMILES string of the molecule is NC1CN(c2ccc3ccc(C(=O)O)nc3c2)CCC1=NO. The molecule has 0 amide bonds. The van der Waals surface area contributed by atoms with E-state index in [1.807, 2.05) is 18.2 Å². The summed E-state index contributed by atoms with van der Waals surface area (Å²) in [6.45, 7) is 1.24. The number of carboxylic acids is 1. The molecular weight excluding hydrogens is 284 g/mol. The fourth-order valence-electron chi connectivity index (χ4n) is 2.65. The van der Waals surface area contributed by atoms with E-state index in [4.69, 9.17) is 16.0 Å². The number of oxime groups is 1. The Morgan fingerprint density at radius 3 is 2.82 bits per heavy atom. The molecule has 0 aliphatic carbocycles. The van der Waals surface area contributed by atoms with Crippen LogP contribution < -0.4 is 10.6 Å². The molecule has 1 aliphatic heterocycles. The highest BCUT2D eigenvalue weighted by Crippen LogP contribution is 2.23. The highest BCUT2D eigenvalue weighted by Gasteiger charge is 2.23. The highest BCUT2D eigenvalue weighted by molar-refractivity contribution is 5.92. The summed E-state index contributed by atoms with van der Waals surface area (Å²) in [5, 5.41) is 22.0. The number of benzene rings is 1. The zero-order valence-corrected chi connectivity index (χ0v) is 11.8. The molecule has 1 aliphatic rings. The van der Waals surface area contributed by atoms with Crippen molar-refractivity contribution in [1.82, 2.24) is 4.98 Å². The monoisotopic (exact) mass is 300 g/mol. The predicted molar refractivity (Wildman–Crippen MR) is 82.7 cm³/mol. The summed E-state index contributed by atoms with van der Waals surface area (Å²) >= 11 is 0. The van der Waals surface area contributed by atoms with Crippen molar-refractivity contribution < 1.29 is 15.1 Å². The molecule has 7 nitrogen and oxygen atoms in total. The molecule has 1 saturated heterocycles. The molecule has 4 N–H and O–H groups in total. The maximum absolute atomic E-state index is 11.0. The van der Waals surface area contributed by atoms with E-state index in [0.717, 1.165) is 11.1 Å². The summed E-state index contributed by atoms with van der Waals surface area (Å²) in [6.07, 6.45) is 0.596. The van der Waals surface area contributed by atoms with Crippen molar-refractivity contribution in [3.8, 4) is 0 Å². The number of nitrogens with zero attached hydrogens (tertiary/aromatic N) is 3. The van der Waals surface area contributed by atoms with E-state index in [9.17, 15) is 4.79 Å². The van der Waals surface area contributed by atoms with Gasteiger partial charge in [0.25, 0.3) is 0 Å². The zero-order valence-electron chi connectivity index (χ0n) is 11.8. The number of anilines is 1. The molecular formula is C15H16N4O3. The molecule has 7 heteroatoms. The summed E-state index contributed by atoms with van der Waals surface area (Å²) in [5.41, 5.74) is 8.15. The number of rotatable bonds is 2. The minimum Gasteiger partial charge on any atom is -0.477 e. The highest BCUT2D eigenvalue weighted by atomic mass is 16.4. The van der Waals surface area contributed by atoms with Crippen LogP contribution in [-0.2, 0) is 0 Å². The molecule has 0 bridgehead atoms. The van der Waals surface area contributed by atoms with E-state index in [0.29, 0.717) is 30.7 Å². The van der Waals surface area contributed by atoms with Gasteiger partial charge in [-0.05, 0) is 18.2 Å². The molecule has 1 aromatic carbocycles. The minimum absolute atomic E-state index is 0.0229. The number of carboxylic acid groups (broad SMARTS) is 1. The van der Waals surface area contributed by atoms with Crippen LogP contribution in [0.3, 0.4) is 0 Å². The summed E-state index contributed by atoms with van der Waals surface area (Å²) in [5.74, 6) is -1.05. The van der Waals surface area contributed by atoms with Crippen LogP contribution in [0.15, 0.2) is 35.5 Å². The molecule has 114 valence electrons. The normalized spacial score (nSPS) is 20.5. The first-order chi connectivity index (χ1) is 10.6. The molecule has 0 radical (unpaired) electrons. The van der Waals surface area contributed by atoms with Crippen molar-refractivity contribution >= 4 is 28.3 Å². The van der Waals surface area contributed by atoms with Crippen molar-refractivity contribution in [2.75, 3.05) is 18.0 Å². The molecule has 0 saturated carbocycles. The second-order valence-corrected chi connectivity index (χ2v) is 5.27. The average Bonchev–Trinajstić information content (AvgIpc) is 2.53. The number of carbonyl (C=O) groups is 1. The number of piperidine rings is 1. The van der Waals surface area contributed by atoms with Gasteiger partial charge in [-0.15, -0.1) is 0 Å². The largest absolute Gasteiger partial charge is 0.477 e. The molecule has 1 unspecified atom stereocenters. The number of nitrogens with two attached hydrogens (primary N) is 1. The smallest absolute Gasteiger partial charge is 0.354 e. The third kappa shape index (κ3) is 2.58. The molecule has 1 fully saturated rings. The Balaban J connectivity index is 1.93. The lowest BCUT2D eigenvalue weighted by molar-refractivity contribution is 0.0691. The van der Waals surface area contributed by atoms with Crippen molar-refractivity contribution in [3.05, 3.63) is 36.0 Å². The lowest BCUT2D eigenvalue weighted by Gasteiger charge is -2.33. The Morgan fingerprint density at radius 2 is 2.14 bits per heavy atom. The van der Waals surface area contributed by atoms with Gasteiger partial charge in [0.2, 0.25) is 0 Å². The molecule has 1 aromatic heterocycles. The lowest BCUT2D eigenvalue weighted by atomic mass is 10.0. The first kappa shape index (κ1) is 14.3. The van der Waals surface area contributed by atoms with E-state index < -0.39 is 5.97 Å². The van der Waals surface area contributed by atoms with Gasteiger partial charge in [0, 0.05) is 30.6 Å². The van der Waals surface area contributed by atoms with Gasteiger partial charge < -0.3 is 20.9 Å². The van der Waals surface area contributed by atoms with Gasteiger partial charge in [0.15, 0.2) is 0 Å². The maximum Gasteiger partial charge on any atom is 0.354 e. The third-order valence-corrected chi connectivity index (χ3v) is 3.87. The molecule has 22 heavy (non-hydrogen) atoms. The zero-order chi connectivity index (χ0) is 15.7. The average molecular weight is 300 g/mol. The van der Waals surface area contributed by atoms with Gasteiger partial charge in [-0.3, -0.25) is 0 Å². The summed E-state index contributed by atoms with van der Waals surface area (Å²) in [4.78, 5) is 17.3. The van der Waals surface area contributed by atoms with Crippen LogP contribution in [0.1, 0.15) is 16.9 Å². The molecule has 0 spiro atoms. The van der Waals surface area contributed by atoms with Crippen LogP contribution in [0.5, 0.6) is 0 Å². The van der Waals surface area contributed by atoms with E-state index in [1.54, 1.807) is 6.07 Å². The summed E-state index contributed by atoms with van der Waals surface area (Å²) in [6, 6.07) is 8.64. The Hall–Kier alpha value is -2.67. The number of hydrogen-bond acceptors (Lipinski definition) is 6. The standard InChI is InChI=1S/C15H16N4O3/c16-11-8-19(6-5-12(11)18-22)10-3-1-9-2-4-13(15(20)21)17-14(9)7-10/h1-4,7,11,22H,5-6,8,16H2,(H,20,21). The Morgan fingerprint density at radius 1 is 1.36 bits per heavy atom. The second kappa shape index (κ2) is 5.61. The van der Waals surface area contributed by atoms with Crippen LogP contribution in [0, 0.1) is 0 Å². The Kier molecular flexibility index (Phi) is 3.64. The summed E-state index contributed by atoms with van der Waals surface area (Å²) in [7, 11) is 0. The summed E-state index contributed by atoms with van der Waals surface area (Å²) < 4.78 is 0. The number of aromatic nitrogens is 1. The first-order valence-electron chi connectivity index (χ1n) is 6.94. The van der Waals surface area contributed by atoms with Gasteiger partial charge in [-0.25, -0.2) is 9.78 Å². The van der Waals surface area contributed by atoms with Gasteiger partial charge in [0.05, 0.1) is 17.3 Å². The maximum atomic E-state index is 11.0. The topological polar surface area (TPSA) is 112 Å². The molecule has 2 aromatic rings. The number of pyridine rings is 1. The van der Waals surface area contributed by atoms with Gasteiger partial charge in [0.1, 0.15) is 5.69 Å². The van der Waals surface area contributed by atoms with Crippen molar-refractivity contribution in [3.63, 3.8) is 0 Å². The molecule has 2 heterocycles.